The number of rotatable bonds is 4. The summed E-state index contributed by atoms with van der Waals surface area (Å²) in [5.41, 5.74) is -0.473. The minimum atomic E-state index is -1.79. The molecule has 0 saturated carbocycles. The Hall–Kier alpha value is -0.600. The average Bonchev–Trinajstić information content (AvgIpc) is 2.78. The number of hydrogen-bond acceptors (Lipinski definition) is 6. The van der Waals surface area contributed by atoms with Gasteiger partial charge in [0.2, 0.25) is 0 Å². The van der Waals surface area contributed by atoms with Crippen molar-refractivity contribution in [2.45, 2.75) is 49.2 Å². The number of amidine groups is 1. The Morgan fingerprint density at radius 3 is 3.11 bits per heavy atom. The predicted octanol–water partition coefficient (Wildman–Crippen LogP) is -0.200. The standard InChI is InChI=1S/C12H20N2O4S/c1-3-5-13-11-14-9-7(15)6-12(17,8(16)4-2)18-10(9)19-11/h4,7-10,15-17H,2-3,5-6H2,1H3,(H,13,14)/t7-,8+,9-,10-,12-/m1/s1. The molecule has 5 atom stereocenters. The fraction of sp³-hybridized carbons (Fsp3) is 0.750. The zero-order valence-corrected chi connectivity index (χ0v) is 11.6. The van der Waals surface area contributed by atoms with E-state index in [1.54, 1.807) is 0 Å². The summed E-state index contributed by atoms with van der Waals surface area (Å²) in [6, 6.07) is -0.321. The highest BCUT2D eigenvalue weighted by Gasteiger charge is 2.52. The van der Waals surface area contributed by atoms with Gasteiger partial charge in [-0.2, -0.15) is 0 Å². The molecule has 6 nitrogen and oxygen atoms in total. The SMILES string of the molecule is C=C[C@H](O)[C@@]1(O)C[C@@H](O)[C@H]2NC(=NCCC)S[C@H]2O1. The van der Waals surface area contributed by atoms with E-state index >= 15 is 0 Å². The van der Waals surface area contributed by atoms with E-state index in [-0.39, 0.29) is 12.5 Å². The molecule has 19 heavy (non-hydrogen) atoms. The van der Waals surface area contributed by atoms with E-state index < -0.39 is 23.4 Å². The van der Waals surface area contributed by atoms with Crippen LogP contribution in [0.2, 0.25) is 0 Å². The zero-order chi connectivity index (χ0) is 14.0. The highest BCUT2D eigenvalue weighted by atomic mass is 32.2. The van der Waals surface area contributed by atoms with Crippen LogP contribution in [-0.2, 0) is 4.74 Å². The second-order valence-corrected chi connectivity index (χ2v) is 5.84. The van der Waals surface area contributed by atoms with E-state index in [0.717, 1.165) is 6.42 Å². The molecule has 0 aromatic carbocycles. The molecule has 0 aliphatic carbocycles. The maximum absolute atomic E-state index is 10.2. The molecule has 0 aromatic rings. The van der Waals surface area contributed by atoms with Crippen LogP contribution in [0.25, 0.3) is 0 Å². The van der Waals surface area contributed by atoms with Gasteiger partial charge in [-0.3, -0.25) is 4.99 Å². The van der Waals surface area contributed by atoms with Gasteiger partial charge < -0.3 is 25.4 Å². The van der Waals surface area contributed by atoms with Gasteiger partial charge in [0.25, 0.3) is 0 Å². The minimum absolute atomic E-state index is 0.0734. The number of fused-ring (bicyclic) bond motifs is 1. The summed E-state index contributed by atoms with van der Waals surface area (Å²) in [6.45, 7) is 6.16. The van der Waals surface area contributed by atoms with Crippen molar-refractivity contribution in [3.63, 3.8) is 0 Å². The van der Waals surface area contributed by atoms with Gasteiger partial charge in [0, 0.05) is 13.0 Å². The average molecular weight is 288 g/mol. The normalized spacial score (nSPS) is 41.7. The molecule has 2 aliphatic rings. The fourth-order valence-corrected chi connectivity index (χ4v) is 3.35. The molecule has 2 rings (SSSR count). The summed E-state index contributed by atoms with van der Waals surface area (Å²) >= 11 is 1.32. The lowest BCUT2D eigenvalue weighted by atomic mass is 9.94. The molecule has 0 aromatic heterocycles. The van der Waals surface area contributed by atoms with E-state index in [1.807, 2.05) is 6.92 Å². The molecule has 2 saturated heterocycles. The number of aliphatic imine (C=N–C) groups is 1. The first-order valence-electron chi connectivity index (χ1n) is 6.36. The van der Waals surface area contributed by atoms with E-state index in [1.165, 1.54) is 17.8 Å². The van der Waals surface area contributed by atoms with E-state index in [0.29, 0.717) is 11.7 Å². The topological polar surface area (TPSA) is 94.3 Å². The molecule has 4 N–H and O–H groups in total. The number of nitrogens with zero attached hydrogens (tertiary/aromatic N) is 1. The largest absolute Gasteiger partial charge is 0.391 e. The van der Waals surface area contributed by atoms with Crippen LogP contribution in [0.1, 0.15) is 19.8 Å². The van der Waals surface area contributed by atoms with Gasteiger partial charge in [0.05, 0.1) is 12.1 Å². The molecule has 0 bridgehead atoms. The van der Waals surface area contributed by atoms with E-state index in [9.17, 15) is 15.3 Å². The second-order valence-electron chi connectivity index (χ2n) is 4.76. The van der Waals surface area contributed by atoms with Crippen molar-refractivity contribution in [1.82, 2.24) is 5.32 Å². The third-order valence-electron chi connectivity index (χ3n) is 3.21. The van der Waals surface area contributed by atoms with Gasteiger partial charge in [-0.25, -0.2) is 0 Å². The summed E-state index contributed by atoms with van der Waals surface area (Å²) in [5, 5.41) is 33.8. The van der Waals surface area contributed by atoms with Crippen LogP contribution in [-0.4, -0.2) is 56.5 Å². The summed E-state index contributed by atoms with van der Waals surface area (Å²) in [7, 11) is 0. The molecule has 7 heteroatoms. The lowest BCUT2D eigenvalue weighted by Gasteiger charge is -2.42. The number of aliphatic hydroxyl groups is 3. The van der Waals surface area contributed by atoms with Crippen molar-refractivity contribution < 1.29 is 20.1 Å². The van der Waals surface area contributed by atoms with Gasteiger partial charge in [0.15, 0.2) is 11.0 Å². The number of hydrogen-bond donors (Lipinski definition) is 4. The van der Waals surface area contributed by atoms with Crippen LogP contribution in [0.5, 0.6) is 0 Å². The number of thioether (sulfide) groups is 1. The number of ether oxygens (including phenoxy) is 1. The Bertz CT molecular complexity index is 379. The molecule has 0 unspecified atom stereocenters. The predicted molar refractivity (Wildman–Crippen MR) is 73.8 cm³/mol. The Balaban J connectivity index is 2.10. The summed E-state index contributed by atoms with van der Waals surface area (Å²) in [4.78, 5) is 4.33. The summed E-state index contributed by atoms with van der Waals surface area (Å²) < 4.78 is 5.53. The minimum Gasteiger partial charge on any atom is -0.391 e. The Labute approximate surface area is 116 Å². The highest BCUT2D eigenvalue weighted by Crippen LogP contribution is 2.38. The molecule has 108 valence electrons. The molecular formula is C12H20N2O4S. The van der Waals surface area contributed by atoms with E-state index in [2.05, 4.69) is 16.9 Å². The van der Waals surface area contributed by atoms with Gasteiger partial charge in [-0.1, -0.05) is 24.8 Å². The monoisotopic (exact) mass is 288 g/mol. The van der Waals surface area contributed by atoms with Crippen LogP contribution in [0.15, 0.2) is 17.6 Å². The first-order chi connectivity index (χ1) is 9.00. The maximum atomic E-state index is 10.2. The molecule has 2 heterocycles. The quantitative estimate of drug-likeness (QED) is 0.535. The lowest BCUT2D eigenvalue weighted by Crippen LogP contribution is -2.59. The second kappa shape index (κ2) is 5.80. The number of nitrogens with one attached hydrogen (secondary N) is 1. The molecule has 2 aliphatic heterocycles. The van der Waals surface area contributed by atoms with Crippen molar-refractivity contribution in [3.8, 4) is 0 Å². The third-order valence-corrected chi connectivity index (χ3v) is 4.30. The Morgan fingerprint density at radius 2 is 2.47 bits per heavy atom. The molecule has 2 fully saturated rings. The smallest absolute Gasteiger partial charge is 0.199 e. The molecule has 0 amide bonds. The lowest BCUT2D eigenvalue weighted by molar-refractivity contribution is -0.289. The molecule has 0 spiro atoms. The van der Waals surface area contributed by atoms with Gasteiger partial charge in [-0.15, -0.1) is 6.58 Å². The Kier molecular flexibility index (Phi) is 4.52. The van der Waals surface area contributed by atoms with Crippen molar-refractivity contribution in [2.24, 2.45) is 4.99 Å². The van der Waals surface area contributed by atoms with Gasteiger partial charge in [-0.05, 0) is 6.42 Å². The van der Waals surface area contributed by atoms with Gasteiger partial charge >= 0.3 is 0 Å². The molecular weight excluding hydrogens is 268 g/mol. The first-order valence-corrected chi connectivity index (χ1v) is 7.24. The van der Waals surface area contributed by atoms with Crippen molar-refractivity contribution in [2.75, 3.05) is 6.54 Å². The highest BCUT2D eigenvalue weighted by molar-refractivity contribution is 8.14. The van der Waals surface area contributed by atoms with Crippen LogP contribution >= 0.6 is 11.8 Å². The fourth-order valence-electron chi connectivity index (χ4n) is 2.15. The van der Waals surface area contributed by atoms with Gasteiger partial charge in [0.1, 0.15) is 11.5 Å². The van der Waals surface area contributed by atoms with Crippen LogP contribution in [0, 0.1) is 0 Å². The van der Waals surface area contributed by atoms with E-state index in [4.69, 9.17) is 4.74 Å². The summed E-state index contributed by atoms with van der Waals surface area (Å²) in [6.07, 6.45) is 0.00617. The summed E-state index contributed by atoms with van der Waals surface area (Å²) in [5.74, 6) is -1.79. The third kappa shape index (κ3) is 2.95. The maximum Gasteiger partial charge on any atom is 0.199 e. The molecule has 0 radical (unpaired) electrons. The Morgan fingerprint density at radius 1 is 1.74 bits per heavy atom. The van der Waals surface area contributed by atoms with Crippen LogP contribution in [0.4, 0.5) is 0 Å². The van der Waals surface area contributed by atoms with Crippen molar-refractivity contribution in [1.29, 1.82) is 0 Å². The first kappa shape index (κ1) is 14.8. The van der Waals surface area contributed by atoms with Crippen LogP contribution in [0.3, 0.4) is 0 Å². The van der Waals surface area contributed by atoms with Crippen molar-refractivity contribution in [3.05, 3.63) is 12.7 Å². The zero-order valence-electron chi connectivity index (χ0n) is 10.8. The van der Waals surface area contributed by atoms with Crippen molar-refractivity contribution >= 4 is 16.9 Å². The van der Waals surface area contributed by atoms with Crippen LogP contribution < -0.4 is 5.32 Å². The number of aliphatic hydroxyl groups excluding tert-OH is 2.